The van der Waals surface area contributed by atoms with Gasteiger partial charge in [0, 0.05) is 5.56 Å². The van der Waals surface area contributed by atoms with E-state index < -0.39 is 34.3 Å². The van der Waals surface area contributed by atoms with Crippen molar-refractivity contribution in [2.75, 3.05) is 6.61 Å². The maximum Gasteiger partial charge on any atom is 0.245 e. The molecule has 0 radical (unpaired) electrons. The van der Waals surface area contributed by atoms with Gasteiger partial charge in [-0.05, 0) is 6.07 Å². The van der Waals surface area contributed by atoms with E-state index in [1.54, 1.807) is 0 Å². The predicted octanol–water partition coefficient (Wildman–Crippen LogP) is 0.872. The lowest BCUT2D eigenvalue weighted by molar-refractivity contribution is -0.118. The van der Waals surface area contributed by atoms with E-state index in [0.717, 1.165) is 6.07 Å². The van der Waals surface area contributed by atoms with Gasteiger partial charge in [-0.3, -0.25) is 4.79 Å². The van der Waals surface area contributed by atoms with Crippen molar-refractivity contribution in [1.29, 1.82) is 0 Å². The van der Waals surface area contributed by atoms with E-state index >= 15 is 0 Å². The van der Waals surface area contributed by atoms with Crippen LogP contribution >= 0.6 is 0 Å². The molecule has 0 saturated heterocycles. The summed E-state index contributed by atoms with van der Waals surface area (Å²) in [6, 6.07) is 3.49. The monoisotopic (exact) mass is 289 g/mol. The first-order valence-corrected chi connectivity index (χ1v) is 6.38. The molecule has 1 aliphatic heterocycles. The van der Waals surface area contributed by atoms with Crippen LogP contribution in [0.4, 0.5) is 8.78 Å². The van der Waals surface area contributed by atoms with Crippen molar-refractivity contribution in [2.45, 2.75) is 5.75 Å². The zero-order valence-corrected chi connectivity index (χ0v) is 10.3. The van der Waals surface area contributed by atoms with Crippen LogP contribution in [0.25, 0.3) is 0 Å². The third-order valence-corrected chi connectivity index (χ3v) is 3.22. The van der Waals surface area contributed by atoms with Crippen LogP contribution in [0.1, 0.15) is 5.56 Å². The lowest BCUT2D eigenvalue weighted by atomic mass is 10.2. The zero-order valence-electron chi connectivity index (χ0n) is 9.52. The first-order chi connectivity index (χ1) is 8.99. The van der Waals surface area contributed by atoms with Gasteiger partial charge in [0.05, 0.1) is 5.75 Å². The molecule has 0 aromatic heterocycles. The summed E-state index contributed by atoms with van der Waals surface area (Å²) < 4.78 is 47.4. The highest BCUT2D eigenvalue weighted by atomic mass is 32.2. The van der Waals surface area contributed by atoms with Crippen LogP contribution in [0.5, 0.6) is 0 Å². The van der Waals surface area contributed by atoms with Gasteiger partial charge in [0.1, 0.15) is 0 Å². The van der Waals surface area contributed by atoms with E-state index in [-0.39, 0.29) is 23.8 Å². The van der Waals surface area contributed by atoms with Crippen LogP contribution in [-0.4, -0.2) is 16.6 Å². The van der Waals surface area contributed by atoms with Crippen LogP contribution < -0.4 is 5.73 Å². The molecule has 1 unspecified atom stereocenters. The molecule has 0 aliphatic carbocycles. The van der Waals surface area contributed by atoms with E-state index in [1.807, 2.05) is 0 Å². The van der Waals surface area contributed by atoms with Gasteiger partial charge in [-0.1, -0.05) is 12.1 Å². The second-order valence-electron chi connectivity index (χ2n) is 3.65. The number of Topliss-reactive ketones (excluding diaryl/α,β-unsaturated/α-hetero) is 1. The summed E-state index contributed by atoms with van der Waals surface area (Å²) in [6.45, 7) is -0.285. The van der Waals surface area contributed by atoms with Crippen LogP contribution in [0, 0.1) is 11.6 Å². The molecule has 0 fully saturated rings. The van der Waals surface area contributed by atoms with Gasteiger partial charge < -0.3 is 14.7 Å². The lowest BCUT2D eigenvalue weighted by Gasteiger charge is -2.05. The van der Waals surface area contributed by atoms with Gasteiger partial charge >= 0.3 is 0 Å². The summed E-state index contributed by atoms with van der Waals surface area (Å²) in [5, 5.41) is 0. The van der Waals surface area contributed by atoms with Gasteiger partial charge in [-0.2, -0.15) is 0 Å². The van der Waals surface area contributed by atoms with Gasteiger partial charge in [0.2, 0.25) is 28.5 Å². The Morgan fingerprint density at radius 2 is 2.16 bits per heavy atom. The van der Waals surface area contributed by atoms with Gasteiger partial charge in [-0.25, -0.2) is 13.0 Å². The Kier molecular flexibility index (Phi) is 3.79. The summed E-state index contributed by atoms with van der Waals surface area (Å²) in [5.41, 5.74) is 5.19. The topological polar surface area (TPSA) is 78.6 Å². The molecular formula is C11H9F2NO4S. The fraction of sp³-hybridized carbons (Fsp3) is 0.182. The molecule has 0 amide bonds. The quantitative estimate of drug-likeness (QED) is 0.890. The number of carbonyl (C=O) groups excluding carboxylic acids is 1. The van der Waals surface area contributed by atoms with Crippen molar-refractivity contribution >= 4 is 16.9 Å². The summed E-state index contributed by atoms with van der Waals surface area (Å²) in [4.78, 5) is 11.2. The van der Waals surface area contributed by atoms with E-state index in [1.165, 1.54) is 12.1 Å². The molecule has 1 aromatic rings. The Labute approximate surface area is 109 Å². The Morgan fingerprint density at radius 1 is 1.42 bits per heavy atom. The Bertz CT molecular complexity index is 588. The largest absolute Gasteiger partial charge is 0.468 e. The van der Waals surface area contributed by atoms with E-state index in [0.29, 0.717) is 0 Å². The van der Waals surface area contributed by atoms with Gasteiger partial charge in [0.15, 0.2) is 18.2 Å². The third-order valence-electron chi connectivity index (χ3n) is 2.32. The Morgan fingerprint density at radius 3 is 2.79 bits per heavy atom. The molecule has 8 heteroatoms. The highest BCUT2D eigenvalue weighted by Crippen LogP contribution is 2.18. The first kappa shape index (κ1) is 13.5. The molecule has 2 rings (SSSR count). The molecule has 2 N–H and O–H groups in total. The number of nitrogens with two attached hydrogens (primary N) is 1. The average molecular weight is 289 g/mol. The maximum absolute atomic E-state index is 13.3. The summed E-state index contributed by atoms with van der Waals surface area (Å²) in [5.74, 6) is -3.73. The van der Waals surface area contributed by atoms with Gasteiger partial charge in [0.25, 0.3) is 0 Å². The van der Waals surface area contributed by atoms with E-state index in [9.17, 15) is 17.8 Å². The minimum atomic E-state index is -2.07. The van der Waals surface area contributed by atoms with E-state index in [4.69, 9.17) is 9.92 Å². The second-order valence-corrected chi connectivity index (χ2v) is 4.71. The number of hydrogen-bond acceptors (Lipinski definition) is 5. The fourth-order valence-corrected chi connectivity index (χ4v) is 2.31. The highest BCUT2D eigenvalue weighted by Gasteiger charge is 2.27. The third kappa shape index (κ3) is 2.90. The summed E-state index contributed by atoms with van der Waals surface area (Å²) in [7, 11) is 0. The number of hydrogen-bond donors (Lipinski definition) is 1. The molecule has 0 bridgehead atoms. The maximum atomic E-state index is 13.3. The van der Waals surface area contributed by atoms with Crippen molar-refractivity contribution in [3.63, 3.8) is 0 Å². The van der Waals surface area contributed by atoms with Crippen molar-refractivity contribution in [2.24, 2.45) is 5.73 Å². The molecule has 1 aromatic carbocycles. The predicted molar refractivity (Wildman–Crippen MR) is 61.5 cm³/mol. The molecule has 1 aliphatic rings. The number of halogens is 2. The molecule has 19 heavy (non-hydrogen) atoms. The fourth-order valence-electron chi connectivity index (χ4n) is 1.41. The zero-order chi connectivity index (χ0) is 14.0. The lowest BCUT2D eigenvalue weighted by Crippen LogP contribution is -2.10. The summed E-state index contributed by atoms with van der Waals surface area (Å²) >= 11 is -2.07. The van der Waals surface area contributed by atoms with Gasteiger partial charge in [-0.15, -0.1) is 0 Å². The molecule has 1 atom stereocenters. The minimum Gasteiger partial charge on any atom is -0.468 e. The molecule has 102 valence electrons. The first-order valence-electron chi connectivity index (χ1n) is 5.14. The minimum absolute atomic E-state index is 0.121. The van der Waals surface area contributed by atoms with Crippen molar-refractivity contribution < 1.29 is 26.7 Å². The van der Waals surface area contributed by atoms with Crippen molar-refractivity contribution in [3.8, 4) is 0 Å². The molecule has 1 heterocycles. The molecule has 0 saturated carbocycles. The van der Waals surface area contributed by atoms with Crippen molar-refractivity contribution in [1.82, 2.24) is 0 Å². The van der Waals surface area contributed by atoms with Crippen LogP contribution in [0.15, 0.2) is 29.8 Å². The Hall–Kier alpha value is -1.96. The Balaban J connectivity index is 2.08. The van der Waals surface area contributed by atoms with Crippen LogP contribution in [0.3, 0.4) is 0 Å². The smallest absolute Gasteiger partial charge is 0.245 e. The SMILES string of the molecule is NC1=C(OS(=O)Cc2cccc(F)c2F)C(=O)CO1. The van der Waals surface area contributed by atoms with Crippen LogP contribution in [0.2, 0.25) is 0 Å². The summed E-state index contributed by atoms with van der Waals surface area (Å²) in [6.07, 6.45) is 0. The molecular weight excluding hydrogens is 280 g/mol. The van der Waals surface area contributed by atoms with Crippen LogP contribution in [-0.2, 0) is 30.5 Å². The standard InChI is InChI=1S/C11H9F2NO4S/c12-7-3-1-2-6(9(7)13)5-19(16)18-10-8(15)4-17-11(10)14/h1-3H,4-5,14H2. The number of benzene rings is 1. The normalized spacial score (nSPS) is 16.4. The average Bonchev–Trinajstić information content (AvgIpc) is 2.67. The van der Waals surface area contributed by atoms with Crippen molar-refractivity contribution in [3.05, 3.63) is 47.0 Å². The number of rotatable bonds is 4. The number of ketones is 1. The molecule has 5 nitrogen and oxygen atoms in total. The number of carbonyl (C=O) groups is 1. The highest BCUT2D eigenvalue weighted by molar-refractivity contribution is 7.79. The molecule has 0 spiro atoms. The second kappa shape index (κ2) is 5.35. The number of ether oxygens (including phenoxy) is 1. The van der Waals surface area contributed by atoms with E-state index in [2.05, 4.69) is 4.74 Å².